The molecule has 0 aliphatic rings. The molecule has 5 nitrogen and oxygen atoms in total. The fourth-order valence-corrected chi connectivity index (χ4v) is 1.45. The Labute approximate surface area is 94.1 Å². The van der Waals surface area contributed by atoms with Crippen LogP contribution in [0, 0.1) is 0 Å². The van der Waals surface area contributed by atoms with E-state index < -0.39 is 0 Å². The number of aromatic nitrogens is 3. The summed E-state index contributed by atoms with van der Waals surface area (Å²) in [7, 11) is 0. The van der Waals surface area contributed by atoms with Crippen molar-refractivity contribution >= 4 is 17.3 Å². The number of anilines is 3. The quantitative estimate of drug-likeness (QED) is 0.685. The highest BCUT2D eigenvalue weighted by Crippen LogP contribution is 2.15. The molecule has 0 atom stereocenters. The van der Waals surface area contributed by atoms with Gasteiger partial charge in [-0.05, 0) is 24.6 Å². The van der Waals surface area contributed by atoms with Crippen LogP contribution in [0.3, 0.4) is 0 Å². The predicted octanol–water partition coefficient (Wildman–Crippen LogP) is 2.08. The largest absolute Gasteiger partial charge is 0.399 e. The Morgan fingerprint density at radius 1 is 1.44 bits per heavy atom. The fraction of sp³-hybridized carbons (Fsp3) is 0.273. The Hall–Kier alpha value is -2.04. The summed E-state index contributed by atoms with van der Waals surface area (Å²) >= 11 is 0. The summed E-state index contributed by atoms with van der Waals surface area (Å²) in [6, 6.07) is 7.49. The molecule has 84 valence electrons. The third kappa shape index (κ3) is 2.50. The van der Waals surface area contributed by atoms with E-state index in [1.54, 1.807) is 0 Å². The van der Waals surface area contributed by atoms with Crippen molar-refractivity contribution in [2.24, 2.45) is 0 Å². The molecule has 1 heterocycles. The van der Waals surface area contributed by atoms with Crippen LogP contribution < -0.4 is 11.1 Å². The third-order valence-electron chi connectivity index (χ3n) is 2.16. The lowest BCUT2D eigenvalue weighted by Gasteiger charge is -2.01. The standard InChI is InChI=1S/C11H15N5/c1-2-4-10-14-11(16-15-10)13-9-6-3-5-8(12)7-9/h3,5-7H,2,4,12H2,1H3,(H2,13,14,15,16). The van der Waals surface area contributed by atoms with Crippen molar-refractivity contribution in [3.05, 3.63) is 30.1 Å². The molecule has 2 rings (SSSR count). The first-order valence-electron chi connectivity index (χ1n) is 5.32. The number of aromatic amines is 1. The van der Waals surface area contributed by atoms with E-state index in [0.29, 0.717) is 11.6 Å². The van der Waals surface area contributed by atoms with Crippen LogP contribution in [0.1, 0.15) is 19.2 Å². The molecule has 0 spiro atoms. The number of nitrogen functional groups attached to an aromatic ring is 1. The Kier molecular flexibility index (Phi) is 3.05. The van der Waals surface area contributed by atoms with Gasteiger partial charge < -0.3 is 11.1 Å². The minimum absolute atomic E-state index is 0.578. The molecule has 16 heavy (non-hydrogen) atoms. The number of benzene rings is 1. The van der Waals surface area contributed by atoms with Gasteiger partial charge in [0.05, 0.1) is 0 Å². The maximum Gasteiger partial charge on any atom is 0.246 e. The van der Waals surface area contributed by atoms with Gasteiger partial charge in [-0.3, -0.25) is 5.10 Å². The first-order chi connectivity index (χ1) is 7.78. The van der Waals surface area contributed by atoms with Crippen LogP contribution >= 0.6 is 0 Å². The maximum atomic E-state index is 5.68. The number of rotatable bonds is 4. The molecule has 1 aromatic heterocycles. The number of nitrogens with one attached hydrogen (secondary N) is 2. The zero-order chi connectivity index (χ0) is 11.4. The van der Waals surface area contributed by atoms with E-state index in [1.807, 2.05) is 24.3 Å². The van der Waals surface area contributed by atoms with E-state index in [4.69, 9.17) is 5.73 Å². The number of H-pyrrole nitrogens is 1. The monoisotopic (exact) mass is 217 g/mol. The number of aryl methyl sites for hydroxylation is 1. The molecule has 0 bridgehead atoms. The van der Waals surface area contributed by atoms with Crippen LogP contribution in [0.15, 0.2) is 24.3 Å². The SMILES string of the molecule is CCCc1nc(Nc2cccc(N)c2)n[nH]1. The van der Waals surface area contributed by atoms with Crippen molar-refractivity contribution in [1.82, 2.24) is 15.2 Å². The van der Waals surface area contributed by atoms with E-state index in [9.17, 15) is 0 Å². The zero-order valence-electron chi connectivity index (χ0n) is 9.20. The van der Waals surface area contributed by atoms with Crippen LogP contribution in [0.5, 0.6) is 0 Å². The molecule has 0 saturated heterocycles. The second-order valence-electron chi connectivity index (χ2n) is 3.61. The highest BCUT2D eigenvalue weighted by atomic mass is 15.3. The number of nitrogens with zero attached hydrogens (tertiary/aromatic N) is 2. The van der Waals surface area contributed by atoms with Gasteiger partial charge in [-0.2, -0.15) is 4.98 Å². The highest BCUT2D eigenvalue weighted by molar-refractivity contribution is 5.59. The van der Waals surface area contributed by atoms with Crippen LogP contribution in [-0.4, -0.2) is 15.2 Å². The lowest BCUT2D eigenvalue weighted by atomic mass is 10.3. The predicted molar refractivity (Wildman–Crippen MR) is 64.5 cm³/mol. The Bertz CT molecular complexity index is 463. The minimum atomic E-state index is 0.578. The van der Waals surface area contributed by atoms with Crippen molar-refractivity contribution in [3.8, 4) is 0 Å². The van der Waals surface area contributed by atoms with E-state index in [-0.39, 0.29) is 0 Å². The summed E-state index contributed by atoms with van der Waals surface area (Å²) in [5.74, 6) is 1.47. The molecule has 1 aromatic carbocycles. The molecular weight excluding hydrogens is 202 g/mol. The van der Waals surface area contributed by atoms with Crippen LogP contribution in [0.25, 0.3) is 0 Å². The molecule has 0 fully saturated rings. The van der Waals surface area contributed by atoms with Crippen molar-refractivity contribution in [2.45, 2.75) is 19.8 Å². The Morgan fingerprint density at radius 2 is 2.31 bits per heavy atom. The number of hydrogen-bond donors (Lipinski definition) is 3. The van der Waals surface area contributed by atoms with Crippen molar-refractivity contribution in [3.63, 3.8) is 0 Å². The Morgan fingerprint density at radius 3 is 3.06 bits per heavy atom. The molecule has 2 aromatic rings. The Balaban J connectivity index is 2.08. The summed E-state index contributed by atoms with van der Waals surface area (Å²) < 4.78 is 0. The lowest BCUT2D eigenvalue weighted by Crippen LogP contribution is -1.94. The van der Waals surface area contributed by atoms with Gasteiger partial charge >= 0.3 is 0 Å². The van der Waals surface area contributed by atoms with Gasteiger partial charge in [0.1, 0.15) is 5.82 Å². The van der Waals surface area contributed by atoms with E-state index in [2.05, 4.69) is 27.4 Å². The van der Waals surface area contributed by atoms with Gasteiger partial charge in [0, 0.05) is 17.8 Å². The summed E-state index contributed by atoms with van der Waals surface area (Å²) in [6.07, 6.45) is 1.96. The normalized spacial score (nSPS) is 10.3. The molecule has 5 heteroatoms. The molecule has 0 saturated carbocycles. The topological polar surface area (TPSA) is 79.6 Å². The molecule has 0 aliphatic carbocycles. The van der Waals surface area contributed by atoms with Gasteiger partial charge in [-0.15, -0.1) is 5.10 Å². The third-order valence-corrected chi connectivity index (χ3v) is 2.16. The number of hydrogen-bond acceptors (Lipinski definition) is 4. The van der Waals surface area contributed by atoms with Crippen molar-refractivity contribution < 1.29 is 0 Å². The van der Waals surface area contributed by atoms with E-state index in [0.717, 1.165) is 24.4 Å². The van der Waals surface area contributed by atoms with Crippen LogP contribution in [0.2, 0.25) is 0 Å². The minimum Gasteiger partial charge on any atom is -0.399 e. The van der Waals surface area contributed by atoms with Gasteiger partial charge in [-0.25, -0.2) is 0 Å². The van der Waals surface area contributed by atoms with Gasteiger partial charge in [-0.1, -0.05) is 13.0 Å². The lowest BCUT2D eigenvalue weighted by molar-refractivity contribution is 0.841. The molecule has 0 radical (unpaired) electrons. The van der Waals surface area contributed by atoms with Crippen molar-refractivity contribution in [1.29, 1.82) is 0 Å². The molecule has 0 unspecified atom stereocenters. The van der Waals surface area contributed by atoms with E-state index >= 15 is 0 Å². The summed E-state index contributed by atoms with van der Waals surface area (Å²) in [5, 5.41) is 10.0. The first-order valence-corrected chi connectivity index (χ1v) is 5.32. The fourth-order valence-electron chi connectivity index (χ4n) is 1.45. The van der Waals surface area contributed by atoms with Gasteiger partial charge in [0.25, 0.3) is 0 Å². The zero-order valence-corrected chi connectivity index (χ0v) is 9.20. The average molecular weight is 217 g/mol. The van der Waals surface area contributed by atoms with Gasteiger partial charge in [0.2, 0.25) is 5.95 Å². The summed E-state index contributed by atoms with van der Waals surface area (Å²) in [5.41, 5.74) is 7.28. The molecule has 0 aliphatic heterocycles. The van der Waals surface area contributed by atoms with Gasteiger partial charge in [0.15, 0.2) is 0 Å². The molecular formula is C11H15N5. The first kappa shape index (κ1) is 10.5. The number of nitrogens with two attached hydrogens (primary N) is 1. The van der Waals surface area contributed by atoms with Crippen LogP contribution in [0.4, 0.5) is 17.3 Å². The molecule has 4 N–H and O–H groups in total. The summed E-state index contributed by atoms with van der Waals surface area (Å²) in [4.78, 5) is 4.31. The molecule has 0 amide bonds. The van der Waals surface area contributed by atoms with E-state index in [1.165, 1.54) is 0 Å². The summed E-state index contributed by atoms with van der Waals surface area (Å²) in [6.45, 7) is 2.10. The van der Waals surface area contributed by atoms with Crippen molar-refractivity contribution in [2.75, 3.05) is 11.1 Å². The second kappa shape index (κ2) is 4.65. The highest BCUT2D eigenvalue weighted by Gasteiger charge is 2.02. The second-order valence-corrected chi connectivity index (χ2v) is 3.61. The average Bonchev–Trinajstić information content (AvgIpc) is 2.66. The van der Waals surface area contributed by atoms with Crippen LogP contribution in [-0.2, 0) is 6.42 Å². The maximum absolute atomic E-state index is 5.68. The smallest absolute Gasteiger partial charge is 0.246 e.